The lowest BCUT2D eigenvalue weighted by atomic mass is 9.95. The molecule has 1 aliphatic heterocycles. The maximum Gasteiger partial charge on any atom is 0.256 e. The number of aromatic nitrogens is 1. The number of hydrogen-bond acceptors (Lipinski definition) is 3. The second kappa shape index (κ2) is 9.02. The topological polar surface area (TPSA) is 62.3 Å². The van der Waals surface area contributed by atoms with Crippen LogP contribution in [0.15, 0.2) is 48.7 Å². The van der Waals surface area contributed by atoms with Gasteiger partial charge < -0.3 is 10.2 Å². The summed E-state index contributed by atoms with van der Waals surface area (Å²) in [4.78, 5) is 31.7. The average Bonchev–Trinajstić information content (AvgIpc) is 2.80. The predicted octanol–water partition coefficient (Wildman–Crippen LogP) is 4.50. The lowest BCUT2D eigenvalue weighted by Crippen LogP contribution is -2.43. The Balaban J connectivity index is 1.36. The number of likely N-dealkylation sites (tertiary alicyclic amines) is 1. The standard InChI is InChI=1S/C24H23ClFN3O2/c1-15-4-5-16(13-21(15)26)14-28-23(30)17-8-11-29(12-9-17)24(31)19-6-7-20(25)18-3-2-10-27-22(18)19/h2-7,10,13,17H,8-9,11-12,14H2,1H3,(H,28,30). The molecule has 1 aliphatic rings. The smallest absolute Gasteiger partial charge is 0.256 e. The van der Waals surface area contributed by atoms with Crippen LogP contribution >= 0.6 is 11.6 Å². The molecule has 0 unspecified atom stereocenters. The summed E-state index contributed by atoms with van der Waals surface area (Å²) in [5.41, 5.74) is 2.41. The van der Waals surface area contributed by atoms with Crippen molar-refractivity contribution in [2.45, 2.75) is 26.3 Å². The van der Waals surface area contributed by atoms with Crippen LogP contribution in [0.2, 0.25) is 5.02 Å². The van der Waals surface area contributed by atoms with Crippen molar-refractivity contribution in [2.75, 3.05) is 13.1 Å². The molecular weight excluding hydrogens is 417 g/mol. The fourth-order valence-corrected chi connectivity index (χ4v) is 4.12. The van der Waals surface area contributed by atoms with E-state index in [1.54, 1.807) is 42.3 Å². The summed E-state index contributed by atoms with van der Waals surface area (Å²) >= 11 is 6.23. The van der Waals surface area contributed by atoms with Crippen LogP contribution in [0.5, 0.6) is 0 Å². The lowest BCUT2D eigenvalue weighted by molar-refractivity contribution is -0.126. The molecule has 2 aromatic carbocycles. The molecule has 0 spiro atoms. The molecule has 7 heteroatoms. The summed E-state index contributed by atoms with van der Waals surface area (Å²) in [7, 11) is 0. The molecule has 1 N–H and O–H groups in total. The van der Waals surface area contributed by atoms with Gasteiger partial charge in [-0.25, -0.2) is 4.39 Å². The third kappa shape index (κ3) is 4.54. The van der Waals surface area contributed by atoms with Gasteiger partial charge in [0.15, 0.2) is 0 Å². The minimum absolute atomic E-state index is 0.0632. The summed E-state index contributed by atoms with van der Waals surface area (Å²) in [6.45, 7) is 2.98. The third-order valence-electron chi connectivity index (χ3n) is 5.80. The number of carbonyl (C=O) groups excluding carboxylic acids is 2. The van der Waals surface area contributed by atoms with E-state index in [0.717, 1.165) is 10.9 Å². The first-order chi connectivity index (χ1) is 14.9. The number of fused-ring (bicyclic) bond motifs is 1. The van der Waals surface area contributed by atoms with E-state index in [1.165, 1.54) is 6.07 Å². The van der Waals surface area contributed by atoms with Crippen molar-refractivity contribution in [2.24, 2.45) is 5.92 Å². The van der Waals surface area contributed by atoms with Gasteiger partial charge in [0.05, 0.1) is 16.1 Å². The van der Waals surface area contributed by atoms with Crippen molar-refractivity contribution < 1.29 is 14.0 Å². The Bertz CT molecular complexity index is 1140. The summed E-state index contributed by atoms with van der Waals surface area (Å²) in [6.07, 6.45) is 2.81. The van der Waals surface area contributed by atoms with Crippen LogP contribution in [0, 0.1) is 18.7 Å². The number of benzene rings is 2. The number of halogens is 2. The maximum atomic E-state index is 13.7. The number of carbonyl (C=O) groups is 2. The minimum Gasteiger partial charge on any atom is -0.352 e. The van der Waals surface area contributed by atoms with Gasteiger partial charge >= 0.3 is 0 Å². The van der Waals surface area contributed by atoms with Crippen LogP contribution in [-0.2, 0) is 11.3 Å². The molecule has 1 saturated heterocycles. The van der Waals surface area contributed by atoms with Crippen LogP contribution in [0.25, 0.3) is 10.9 Å². The van der Waals surface area contributed by atoms with Gasteiger partial charge in [0.2, 0.25) is 5.91 Å². The Hall–Kier alpha value is -2.99. The number of pyridine rings is 1. The van der Waals surface area contributed by atoms with E-state index in [-0.39, 0.29) is 30.1 Å². The number of hydrogen-bond donors (Lipinski definition) is 1. The van der Waals surface area contributed by atoms with E-state index in [9.17, 15) is 14.0 Å². The second-order valence-electron chi connectivity index (χ2n) is 7.86. The zero-order valence-electron chi connectivity index (χ0n) is 17.2. The van der Waals surface area contributed by atoms with Gasteiger partial charge in [-0.05, 0) is 61.2 Å². The highest BCUT2D eigenvalue weighted by atomic mass is 35.5. The van der Waals surface area contributed by atoms with Crippen LogP contribution in [-0.4, -0.2) is 34.8 Å². The monoisotopic (exact) mass is 439 g/mol. The predicted molar refractivity (Wildman–Crippen MR) is 118 cm³/mol. The first kappa shape index (κ1) is 21.2. The van der Waals surface area contributed by atoms with Crippen molar-refractivity contribution in [3.8, 4) is 0 Å². The molecule has 1 aromatic heterocycles. The van der Waals surface area contributed by atoms with Crippen molar-refractivity contribution in [3.63, 3.8) is 0 Å². The molecule has 3 aromatic rings. The summed E-state index contributed by atoms with van der Waals surface area (Å²) in [5, 5.41) is 4.19. The summed E-state index contributed by atoms with van der Waals surface area (Å²) < 4.78 is 13.7. The van der Waals surface area contributed by atoms with Crippen molar-refractivity contribution in [3.05, 3.63) is 76.2 Å². The highest BCUT2D eigenvalue weighted by molar-refractivity contribution is 6.36. The van der Waals surface area contributed by atoms with Crippen LogP contribution in [0.1, 0.15) is 34.3 Å². The zero-order valence-corrected chi connectivity index (χ0v) is 18.0. The zero-order chi connectivity index (χ0) is 22.0. The Morgan fingerprint density at radius 2 is 1.97 bits per heavy atom. The number of piperidine rings is 1. The number of nitrogens with zero attached hydrogens (tertiary/aromatic N) is 2. The Kier molecular flexibility index (Phi) is 6.18. The van der Waals surface area contributed by atoms with E-state index in [1.807, 2.05) is 12.1 Å². The van der Waals surface area contributed by atoms with Crippen molar-refractivity contribution in [1.82, 2.24) is 15.2 Å². The van der Waals surface area contributed by atoms with Crippen LogP contribution < -0.4 is 5.32 Å². The van der Waals surface area contributed by atoms with E-state index in [4.69, 9.17) is 11.6 Å². The average molecular weight is 440 g/mol. The van der Waals surface area contributed by atoms with Gasteiger partial charge in [0.25, 0.3) is 5.91 Å². The minimum atomic E-state index is -0.275. The van der Waals surface area contributed by atoms with E-state index in [0.29, 0.717) is 47.6 Å². The maximum absolute atomic E-state index is 13.7. The molecule has 5 nitrogen and oxygen atoms in total. The third-order valence-corrected chi connectivity index (χ3v) is 6.13. The largest absolute Gasteiger partial charge is 0.352 e. The Labute approximate surface area is 185 Å². The second-order valence-corrected chi connectivity index (χ2v) is 8.27. The Morgan fingerprint density at radius 1 is 1.19 bits per heavy atom. The first-order valence-corrected chi connectivity index (χ1v) is 10.7. The first-order valence-electron chi connectivity index (χ1n) is 10.3. The number of aryl methyl sites for hydroxylation is 1. The number of nitrogens with one attached hydrogen (secondary N) is 1. The fourth-order valence-electron chi connectivity index (χ4n) is 3.91. The molecule has 1 fully saturated rings. The molecule has 0 radical (unpaired) electrons. The molecule has 2 heterocycles. The molecule has 0 atom stereocenters. The molecular formula is C24H23ClFN3O2. The van der Waals surface area contributed by atoms with Gasteiger partial charge in [-0.2, -0.15) is 0 Å². The molecule has 2 amide bonds. The normalized spacial score (nSPS) is 14.6. The van der Waals surface area contributed by atoms with Crippen LogP contribution in [0.3, 0.4) is 0 Å². The van der Waals surface area contributed by atoms with Gasteiger partial charge in [-0.3, -0.25) is 14.6 Å². The quantitative estimate of drug-likeness (QED) is 0.650. The molecule has 0 saturated carbocycles. The van der Waals surface area contributed by atoms with E-state index >= 15 is 0 Å². The highest BCUT2D eigenvalue weighted by Crippen LogP contribution is 2.27. The molecule has 0 bridgehead atoms. The molecule has 0 aliphatic carbocycles. The van der Waals surface area contributed by atoms with E-state index < -0.39 is 0 Å². The van der Waals surface area contributed by atoms with Gasteiger partial charge in [-0.1, -0.05) is 23.7 Å². The Morgan fingerprint density at radius 3 is 2.71 bits per heavy atom. The van der Waals surface area contributed by atoms with Gasteiger partial charge in [-0.15, -0.1) is 0 Å². The highest BCUT2D eigenvalue weighted by Gasteiger charge is 2.28. The molecule has 160 valence electrons. The van der Waals surface area contributed by atoms with Crippen molar-refractivity contribution in [1.29, 1.82) is 0 Å². The lowest BCUT2D eigenvalue weighted by Gasteiger charge is -2.31. The SMILES string of the molecule is Cc1ccc(CNC(=O)C2CCN(C(=O)c3ccc(Cl)c4cccnc34)CC2)cc1F. The summed E-state index contributed by atoms with van der Waals surface area (Å²) in [5.74, 6) is -0.608. The van der Waals surface area contributed by atoms with Crippen molar-refractivity contribution >= 4 is 34.3 Å². The molecule has 4 rings (SSSR count). The molecule has 31 heavy (non-hydrogen) atoms. The number of rotatable bonds is 4. The van der Waals surface area contributed by atoms with Crippen LogP contribution in [0.4, 0.5) is 4.39 Å². The van der Waals surface area contributed by atoms with Gasteiger partial charge in [0, 0.05) is 37.1 Å². The number of amides is 2. The summed E-state index contributed by atoms with van der Waals surface area (Å²) in [6, 6.07) is 12.0. The van der Waals surface area contributed by atoms with Gasteiger partial charge in [0.1, 0.15) is 5.82 Å². The fraction of sp³-hybridized carbons (Fsp3) is 0.292. The van der Waals surface area contributed by atoms with E-state index in [2.05, 4.69) is 10.3 Å².